The maximum atomic E-state index is 12.2. The molecule has 1 aliphatic heterocycles. The van der Waals surface area contributed by atoms with E-state index in [1.807, 2.05) is 0 Å². The summed E-state index contributed by atoms with van der Waals surface area (Å²) in [5.74, 6) is 0.738. The van der Waals surface area contributed by atoms with Crippen LogP contribution in [-0.4, -0.2) is 41.0 Å². The number of aromatic amines is 1. The van der Waals surface area contributed by atoms with Crippen LogP contribution in [0, 0.1) is 5.92 Å². The Labute approximate surface area is 137 Å². The first-order valence-electron chi connectivity index (χ1n) is 8.85. The van der Waals surface area contributed by atoms with Crippen LogP contribution in [0.3, 0.4) is 0 Å². The van der Waals surface area contributed by atoms with Crippen LogP contribution in [0.1, 0.15) is 55.8 Å². The first kappa shape index (κ1) is 16.2. The first-order chi connectivity index (χ1) is 11.1. The summed E-state index contributed by atoms with van der Waals surface area (Å²) >= 11 is 0. The van der Waals surface area contributed by atoms with Crippen molar-refractivity contribution in [2.24, 2.45) is 5.92 Å². The average Bonchev–Trinajstić information content (AvgIpc) is 2.56. The average molecular weight is 317 g/mol. The van der Waals surface area contributed by atoms with E-state index in [1.165, 1.54) is 38.2 Å². The van der Waals surface area contributed by atoms with Gasteiger partial charge in [0.05, 0.1) is 0 Å². The second kappa shape index (κ2) is 7.30. The fraction of sp³-hybridized carbons (Fsp3) is 0.667. The van der Waals surface area contributed by atoms with Crippen LogP contribution in [0.25, 0.3) is 0 Å². The molecule has 1 aliphatic carbocycles. The van der Waals surface area contributed by atoms with Gasteiger partial charge in [-0.1, -0.05) is 6.92 Å². The van der Waals surface area contributed by atoms with Gasteiger partial charge in [-0.05, 0) is 63.6 Å². The number of pyridine rings is 1. The lowest BCUT2D eigenvalue weighted by molar-refractivity contribution is 0.0860. The molecule has 3 rings (SSSR count). The van der Waals surface area contributed by atoms with Gasteiger partial charge < -0.3 is 15.2 Å². The highest BCUT2D eigenvalue weighted by molar-refractivity contribution is 5.94. The summed E-state index contributed by atoms with van der Waals surface area (Å²) < 4.78 is 0. The minimum atomic E-state index is -0.235. The summed E-state index contributed by atoms with van der Waals surface area (Å²) in [6.45, 7) is 4.81. The molecule has 1 saturated carbocycles. The Hall–Kier alpha value is -1.62. The Morgan fingerprint density at radius 3 is 2.52 bits per heavy atom. The number of likely N-dealkylation sites (tertiary alicyclic amines) is 1. The van der Waals surface area contributed by atoms with E-state index in [1.54, 1.807) is 6.07 Å². The summed E-state index contributed by atoms with van der Waals surface area (Å²) in [5.41, 5.74) is 0.210. The van der Waals surface area contributed by atoms with Crippen molar-refractivity contribution in [2.45, 2.75) is 57.5 Å². The summed E-state index contributed by atoms with van der Waals surface area (Å²) in [5, 5.41) is 3.08. The number of amides is 1. The minimum absolute atomic E-state index is 0.133. The Balaban J connectivity index is 1.47. The molecule has 23 heavy (non-hydrogen) atoms. The first-order valence-corrected chi connectivity index (χ1v) is 8.85. The van der Waals surface area contributed by atoms with Crippen LogP contribution in [-0.2, 0) is 0 Å². The minimum Gasteiger partial charge on any atom is -0.349 e. The van der Waals surface area contributed by atoms with Gasteiger partial charge in [0, 0.05) is 29.9 Å². The molecule has 0 bridgehead atoms. The van der Waals surface area contributed by atoms with E-state index in [0.29, 0.717) is 11.6 Å². The molecule has 0 unspecified atom stereocenters. The van der Waals surface area contributed by atoms with Crippen molar-refractivity contribution in [1.29, 1.82) is 0 Å². The number of piperidine rings is 1. The zero-order chi connectivity index (χ0) is 16.2. The van der Waals surface area contributed by atoms with Crippen LogP contribution >= 0.6 is 0 Å². The second-order valence-electron chi connectivity index (χ2n) is 7.14. The van der Waals surface area contributed by atoms with Gasteiger partial charge in [0.25, 0.3) is 5.91 Å². The van der Waals surface area contributed by atoms with Gasteiger partial charge in [-0.3, -0.25) is 9.59 Å². The maximum absolute atomic E-state index is 12.2. The third-order valence-electron chi connectivity index (χ3n) is 5.40. The summed E-state index contributed by atoms with van der Waals surface area (Å²) in [6.07, 6.45) is 8.55. The molecule has 5 heteroatoms. The van der Waals surface area contributed by atoms with E-state index in [0.717, 1.165) is 31.6 Å². The van der Waals surface area contributed by atoms with Gasteiger partial charge in [0.1, 0.15) is 0 Å². The fourth-order valence-electron chi connectivity index (χ4n) is 3.83. The predicted octanol–water partition coefficient (Wildman–Crippen LogP) is 2.15. The third-order valence-corrected chi connectivity index (χ3v) is 5.40. The molecule has 0 spiro atoms. The lowest BCUT2D eigenvalue weighted by atomic mass is 9.88. The SMILES string of the molecule is CC1CCN(C2CCC(NC(=O)c3cc[nH]c(=O)c3)CC2)CC1. The summed E-state index contributed by atoms with van der Waals surface area (Å²) in [4.78, 5) is 28.7. The normalized spacial score (nSPS) is 26.8. The number of H-pyrrole nitrogens is 1. The van der Waals surface area contributed by atoms with Crippen LogP contribution < -0.4 is 10.9 Å². The van der Waals surface area contributed by atoms with Crippen molar-refractivity contribution in [3.63, 3.8) is 0 Å². The van der Waals surface area contributed by atoms with E-state index in [9.17, 15) is 9.59 Å². The van der Waals surface area contributed by atoms with Crippen molar-refractivity contribution in [2.75, 3.05) is 13.1 Å². The molecule has 2 aliphatic rings. The lowest BCUT2D eigenvalue weighted by Gasteiger charge is -2.40. The molecule has 0 atom stereocenters. The number of rotatable bonds is 3. The molecular formula is C18H27N3O2. The van der Waals surface area contributed by atoms with Gasteiger partial charge in [0.2, 0.25) is 5.56 Å². The van der Waals surface area contributed by atoms with E-state index in [-0.39, 0.29) is 17.5 Å². The third kappa shape index (κ3) is 4.22. The molecule has 2 fully saturated rings. The molecule has 1 saturated heterocycles. The molecule has 1 aromatic heterocycles. The fourth-order valence-corrected chi connectivity index (χ4v) is 3.83. The van der Waals surface area contributed by atoms with E-state index in [4.69, 9.17) is 0 Å². The monoisotopic (exact) mass is 317 g/mol. The zero-order valence-electron chi connectivity index (χ0n) is 13.9. The number of hydrogen-bond donors (Lipinski definition) is 2. The summed E-state index contributed by atoms with van der Waals surface area (Å²) in [7, 11) is 0. The smallest absolute Gasteiger partial charge is 0.251 e. The van der Waals surface area contributed by atoms with Crippen molar-refractivity contribution in [3.05, 3.63) is 34.2 Å². The number of carbonyl (C=O) groups excluding carboxylic acids is 1. The highest BCUT2D eigenvalue weighted by atomic mass is 16.2. The van der Waals surface area contributed by atoms with Gasteiger partial charge in [0.15, 0.2) is 0 Å². The quantitative estimate of drug-likeness (QED) is 0.898. The van der Waals surface area contributed by atoms with Crippen molar-refractivity contribution >= 4 is 5.91 Å². The number of aromatic nitrogens is 1. The second-order valence-corrected chi connectivity index (χ2v) is 7.14. The molecule has 5 nitrogen and oxygen atoms in total. The highest BCUT2D eigenvalue weighted by Crippen LogP contribution is 2.27. The molecule has 2 heterocycles. The lowest BCUT2D eigenvalue weighted by Crippen LogP contribution is -2.46. The van der Waals surface area contributed by atoms with Crippen LogP contribution in [0.5, 0.6) is 0 Å². The van der Waals surface area contributed by atoms with Crippen molar-refractivity contribution < 1.29 is 4.79 Å². The molecule has 126 valence electrons. The van der Waals surface area contributed by atoms with Crippen LogP contribution in [0.4, 0.5) is 0 Å². The van der Waals surface area contributed by atoms with E-state index in [2.05, 4.69) is 22.1 Å². The molecule has 0 aromatic carbocycles. The van der Waals surface area contributed by atoms with Crippen LogP contribution in [0.15, 0.2) is 23.1 Å². The Morgan fingerprint density at radius 2 is 1.87 bits per heavy atom. The number of hydrogen-bond acceptors (Lipinski definition) is 3. The van der Waals surface area contributed by atoms with Gasteiger partial charge in [-0.2, -0.15) is 0 Å². The number of nitrogens with zero attached hydrogens (tertiary/aromatic N) is 1. The highest BCUT2D eigenvalue weighted by Gasteiger charge is 2.28. The molecule has 2 N–H and O–H groups in total. The zero-order valence-corrected chi connectivity index (χ0v) is 13.9. The topological polar surface area (TPSA) is 65.2 Å². The van der Waals surface area contributed by atoms with Crippen molar-refractivity contribution in [1.82, 2.24) is 15.2 Å². The number of nitrogens with one attached hydrogen (secondary N) is 2. The van der Waals surface area contributed by atoms with Gasteiger partial charge >= 0.3 is 0 Å². The molecular weight excluding hydrogens is 290 g/mol. The largest absolute Gasteiger partial charge is 0.349 e. The Morgan fingerprint density at radius 1 is 1.17 bits per heavy atom. The van der Waals surface area contributed by atoms with Gasteiger partial charge in [-0.25, -0.2) is 0 Å². The Bertz CT molecular complexity index is 582. The Kier molecular flexibility index (Phi) is 5.16. The van der Waals surface area contributed by atoms with E-state index >= 15 is 0 Å². The standard InChI is InChI=1S/C18H27N3O2/c1-13-7-10-21(11-8-13)16-4-2-15(3-5-16)20-18(23)14-6-9-19-17(22)12-14/h6,9,12-13,15-16H,2-5,7-8,10-11H2,1H3,(H,19,22)(H,20,23). The molecule has 1 aromatic rings. The molecule has 1 amide bonds. The van der Waals surface area contributed by atoms with E-state index < -0.39 is 0 Å². The number of carbonyl (C=O) groups is 1. The van der Waals surface area contributed by atoms with Crippen molar-refractivity contribution in [3.8, 4) is 0 Å². The maximum Gasteiger partial charge on any atom is 0.251 e. The van der Waals surface area contributed by atoms with Gasteiger partial charge in [-0.15, -0.1) is 0 Å². The predicted molar refractivity (Wildman–Crippen MR) is 90.5 cm³/mol. The van der Waals surface area contributed by atoms with Crippen LogP contribution in [0.2, 0.25) is 0 Å². The molecule has 0 radical (unpaired) electrons. The summed E-state index contributed by atoms with van der Waals surface area (Å²) in [6, 6.07) is 3.93.